The molecule has 0 aliphatic heterocycles. The first kappa shape index (κ1) is 20.0. The Kier molecular flexibility index (Phi) is 4.58. The molecule has 153 valence electrons. The molecule has 4 rings (SSSR count). The molecule has 1 aromatic carbocycles. The zero-order valence-electron chi connectivity index (χ0n) is 15.5. The molecular weight excluding hydrogens is 421 g/mol. The van der Waals surface area contributed by atoms with Gasteiger partial charge in [-0.1, -0.05) is 17.7 Å². The van der Waals surface area contributed by atoms with Gasteiger partial charge in [-0.15, -0.1) is 0 Å². The van der Waals surface area contributed by atoms with Gasteiger partial charge < -0.3 is 5.32 Å². The van der Waals surface area contributed by atoms with Crippen molar-refractivity contribution >= 4 is 17.5 Å². The molecule has 1 amide bonds. The fourth-order valence-corrected chi connectivity index (χ4v) is 3.18. The maximum atomic E-state index is 13.2. The van der Waals surface area contributed by atoms with Gasteiger partial charge >= 0.3 is 6.18 Å². The number of alkyl halides is 3. The van der Waals surface area contributed by atoms with Crippen LogP contribution in [-0.4, -0.2) is 31.0 Å². The number of nitriles is 1. The lowest BCUT2D eigenvalue weighted by molar-refractivity contribution is -0.137. The van der Waals surface area contributed by atoms with Gasteiger partial charge in [0.1, 0.15) is 17.3 Å². The Hall–Kier alpha value is -3.32. The Labute approximate surface area is 173 Å². The molecule has 1 fully saturated rings. The van der Waals surface area contributed by atoms with Gasteiger partial charge in [-0.2, -0.15) is 28.6 Å². The number of aromatic nitrogens is 4. The summed E-state index contributed by atoms with van der Waals surface area (Å²) >= 11 is 6.14. The number of rotatable bonds is 4. The molecule has 7 nitrogen and oxygen atoms in total. The molecule has 3 aromatic rings. The van der Waals surface area contributed by atoms with Crippen LogP contribution in [0, 0.1) is 17.5 Å². The minimum absolute atomic E-state index is 0.160. The molecule has 11 heteroatoms. The van der Waals surface area contributed by atoms with Crippen LogP contribution < -0.4 is 5.32 Å². The smallest absolute Gasteiger partial charge is 0.334 e. The lowest BCUT2D eigenvalue weighted by Gasteiger charge is -2.11. The highest BCUT2D eigenvalue weighted by atomic mass is 35.5. The van der Waals surface area contributed by atoms with Crippen molar-refractivity contribution in [2.45, 2.75) is 24.6 Å². The third kappa shape index (κ3) is 3.52. The highest BCUT2D eigenvalue weighted by molar-refractivity contribution is 6.34. The first-order valence-corrected chi connectivity index (χ1v) is 9.12. The van der Waals surface area contributed by atoms with Crippen LogP contribution in [0.25, 0.3) is 16.9 Å². The van der Waals surface area contributed by atoms with E-state index in [1.165, 1.54) is 31.6 Å². The van der Waals surface area contributed by atoms with E-state index >= 15 is 0 Å². The van der Waals surface area contributed by atoms with Gasteiger partial charge in [-0.3, -0.25) is 4.79 Å². The van der Waals surface area contributed by atoms with Gasteiger partial charge in [-0.25, -0.2) is 9.36 Å². The molecule has 1 aliphatic carbocycles. The van der Waals surface area contributed by atoms with Gasteiger partial charge in [0.05, 0.1) is 22.9 Å². The monoisotopic (exact) mass is 433 g/mol. The SMILES string of the molecule is Cn1n[c]c(C(F)(F)F)c1-n1cc(-c2ccc(Cl)c(C(=O)NC3(C#N)CC3)c2)cn1. The second kappa shape index (κ2) is 6.88. The normalized spacial score (nSPS) is 14.9. The number of carbonyl (C=O) groups excluding carboxylic acids is 1. The fraction of sp³-hybridized carbons (Fsp3) is 0.263. The number of aryl methyl sites for hydroxylation is 1. The summed E-state index contributed by atoms with van der Waals surface area (Å²) in [5.74, 6) is -0.778. The van der Waals surface area contributed by atoms with E-state index < -0.39 is 23.2 Å². The maximum absolute atomic E-state index is 13.2. The van der Waals surface area contributed by atoms with Crippen LogP contribution in [0.3, 0.4) is 0 Å². The van der Waals surface area contributed by atoms with E-state index in [1.54, 1.807) is 6.07 Å². The number of halogens is 4. The predicted molar refractivity (Wildman–Crippen MR) is 99.7 cm³/mol. The van der Waals surface area contributed by atoms with Gasteiger partial charge in [0, 0.05) is 18.8 Å². The van der Waals surface area contributed by atoms with Crippen molar-refractivity contribution in [2.75, 3.05) is 0 Å². The van der Waals surface area contributed by atoms with Crippen LogP contribution in [-0.2, 0) is 13.2 Å². The average molecular weight is 434 g/mol. The van der Waals surface area contributed by atoms with Crippen molar-refractivity contribution in [3.8, 4) is 23.0 Å². The molecule has 1 aliphatic rings. The summed E-state index contributed by atoms with van der Waals surface area (Å²) in [6.07, 6.45) is 1.22. The van der Waals surface area contributed by atoms with Crippen molar-refractivity contribution in [1.29, 1.82) is 5.26 Å². The van der Waals surface area contributed by atoms with Gasteiger partial charge in [-0.05, 0) is 30.5 Å². The number of nitrogens with one attached hydrogen (secondary N) is 1. The van der Waals surface area contributed by atoms with E-state index in [9.17, 15) is 18.0 Å². The summed E-state index contributed by atoms with van der Waals surface area (Å²) in [5, 5.41) is 19.6. The Balaban J connectivity index is 1.68. The number of nitrogens with zero attached hydrogens (tertiary/aromatic N) is 5. The minimum Gasteiger partial charge on any atom is -0.334 e. The summed E-state index contributed by atoms with van der Waals surface area (Å²) in [4.78, 5) is 12.5. The largest absolute Gasteiger partial charge is 0.422 e. The van der Waals surface area contributed by atoms with Crippen LogP contribution in [0.15, 0.2) is 30.6 Å². The van der Waals surface area contributed by atoms with Crippen molar-refractivity contribution in [1.82, 2.24) is 24.9 Å². The fourth-order valence-electron chi connectivity index (χ4n) is 2.98. The topological polar surface area (TPSA) is 88.5 Å². The number of hydrogen-bond acceptors (Lipinski definition) is 4. The first-order chi connectivity index (χ1) is 14.1. The molecule has 0 bridgehead atoms. The number of amides is 1. The molecular formula is C19H13ClF3N6O. The predicted octanol–water partition coefficient (Wildman–Crippen LogP) is 3.53. The minimum atomic E-state index is -4.64. The summed E-state index contributed by atoms with van der Waals surface area (Å²) in [6.45, 7) is 0. The summed E-state index contributed by atoms with van der Waals surface area (Å²) in [5.41, 5.74) is -0.741. The van der Waals surface area contributed by atoms with E-state index in [-0.39, 0.29) is 16.4 Å². The molecule has 2 heterocycles. The standard InChI is InChI=1S/C19H13ClF3N6O/c1-28-17(14(8-25-28)19(21,22)23)29-9-12(7-26-29)11-2-3-15(20)13(6-11)16(30)27-18(10-24)4-5-18/h2-3,6-7,9H,4-5H2,1H3,(H,27,30). The molecule has 0 unspecified atom stereocenters. The lowest BCUT2D eigenvalue weighted by atomic mass is 10.1. The maximum Gasteiger partial charge on any atom is 0.422 e. The third-order valence-electron chi connectivity index (χ3n) is 4.79. The first-order valence-electron chi connectivity index (χ1n) is 8.74. The van der Waals surface area contributed by atoms with Crippen LogP contribution in [0.1, 0.15) is 28.8 Å². The molecule has 1 N–H and O–H groups in total. The molecule has 1 saturated carbocycles. The van der Waals surface area contributed by atoms with Crippen LogP contribution in [0.4, 0.5) is 13.2 Å². The third-order valence-corrected chi connectivity index (χ3v) is 5.12. The Morgan fingerprint density at radius 1 is 1.37 bits per heavy atom. The van der Waals surface area contributed by atoms with E-state index in [2.05, 4.69) is 21.6 Å². The second-order valence-electron chi connectivity index (χ2n) is 6.95. The summed E-state index contributed by atoms with van der Waals surface area (Å²) < 4.78 is 41.7. The number of hydrogen-bond donors (Lipinski definition) is 1. The number of carbonyl (C=O) groups is 1. The molecule has 2 aromatic heterocycles. The van der Waals surface area contributed by atoms with Crippen LogP contribution >= 0.6 is 11.6 Å². The van der Waals surface area contributed by atoms with Crippen molar-refractivity contribution in [3.05, 3.63) is 52.9 Å². The van der Waals surface area contributed by atoms with E-state index in [0.29, 0.717) is 24.0 Å². The van der Waals surface area contributed by atoms with Gasteiger partial charge in [0.25, 0.3) is 5.91 Å². The van der Waals surface area contributed by atoms with Crippen molar-refractivity contribution in [3.63, 3.8) is 0 Å². The molecule has 1 radical (unpaired) electrons. The van der Waals surface area contributed by atoms with Crippen LogP contribution in [0.2, 0.25) is 5.02 Å². The van der Waals surface area contributed by atoms with E-state index in [1.807, 2.05) is 6.20 Å². The summed E-state index contributed by atoms with van der Waals surface area (Å²) in [6, 6.07) is 6.71. The molecule has 0 saturated heterocycles. The average Bonchev–Trinajstić information content (AvgIpc) is 3.09. The molecule has 0 spiro atoms. The second-order valence-corrected chi connectivity index (χ2v) is 7.36. The van der Waals surface area contributed by atoms with E-state index in [4.69, 9.17) is 16.9 Å². The van der Waals surface area contributed by atoms with Crippen LogP contribution in [0.5, 0.6) is 0 Å². The quantitative estimate of drug-likeness (QED) is 0.681. The lowest BCUT2D eigenvalue weighted by Crippen LogP contribution is -2.35. The highest BCUT2D eigenvalue weighted by Crippen LogP contribution is 2.36. The van der Waals surface area contributed by atoms with E-state index in [0.717, 1.165) is 9.36 Å². The molecule has 30 heavy (non-hydrogen) atoms. The Bertz CT molecular complexity index is 1190. The Morgan fingerprint density at radius 2 is 2.10 bits per heavy atom. The van der Waals surface area contributed by atoms with Crippen molar-refractivity contribution < 1.29 is 18.0 Å². The van der Waals surface area contributed by atoms with Gasteiger partial charge in [0.15, 0.2) is 5.82 Å². The van der Waals surface area contributed by atoms with Gasteiger partial charge in [0.2, 0.25) is 0 Å². The zero-order valence-corrected chi connectivity index (χ0v) is 16.2. The highest BCUT2D eigenvalue weighted by Gasteiger charge is 2.45. The number of benzene rings is 1. The Morgan fingerprint density at radius 3 is 2.73 bits per heavy atom. The zero-order chi connectivity index (χ0) is 21.7. The molecule has 0 atom stereocenters. The summed E-state index contributed by atoms with van der Waals surface area (Å²) in [7, 11) is 1.36. The van der Waals surface area contributed by atoms with Crippen molar-refractivity contribution in [2.24, 2.45) is 7.05 Å².